The summed E-state index contributed by atoms with van der Waals surface area (Å²) in [5.74, 6) is 0.949. The minimum Gasteiger partial charge on any atom is -0.333 e. The zero-order chi connectivity index (χ0) is 12.7. The van der Waals surface area contributed by atoms with Gasteiger partial charge in [-0.15, -0.1) is 0 Å². The number of rotatable bonds is 7. The van der Waals surface area contributed by atoms with Crippen LogP contribution in [0.15, 0.2) is 0 Å². The van der Waals surface area contributed by atoms with Crippen molar-refractivity contribution in [1.82, 2.24) is 9.80 Å². The molecule has 0 spiro atoms. The smallest absolute Gasteiger partial charge is 0.223 e. The summed E-state index contributed by atoms with van der Waals surface area (Å²) in [5, 5.41) is 0. The fourth-order valence-corrected chi connectivity index (χ4v) is 1.43. The summed E-state index contributed by atoms with van der Waals surface area (Å²) >= 11 is 0. The molecule has 16 heavy (non-hydrogen) atoms. The summed E-state index contributed by atoms with van der Waals surface area (Å²) in [4.78, 5) is 15.8. The Bertz CT molecular complexity index is 202. The van der Waals surface area contributed by atoms with Crippen molar-refractivity contribution in [2.45, 2.75) is 53.0 Å². The van der Waals surface area contributed by atoms with Gasteiger partial charge in [0, 0.05) is 19.5 Å². The van der Waals surface area contributed by atoms with Gasteiger partial charge in [0.05, 0.1) is 6.67 Å². The molecule has 0 aromatic rings. The van der Waals surface area contributed by atoms with Gasteiger partial charge in [0.1, 0.15) is 0 Å². The largest absolute Gasteiger partial charge is 0.333 e. The van der Waals surface area contributed by atoms with E-state index in [9.17, 15) is 4.79 Å². The van der Waals surface area contributed by atoms with Crippen molar-refractivity contribution in [3.63, 3.8) is 0 Å². The van der Waals surface area contributed by atoms with Gasteiger partial charge in [-0.25, -0.2) is 0 Å². The first-order chi connectivity index (χ1) is 7.34. The zero-order valence-corrected chi connectivity index (χ0v) is 11.8. The minimum absolute atomic E-state index is 0.258. The fourth-order valence-electron chi connectivity index (χ4n) is 1.43. The predicted octanol–water partition coefficient (Wildman–Crippen LogP) is 2.57. The van der Waals surface area contributed by atoms with E-state index in [4.69, 9.17) is 0 Å². The second-order valence-corrected chi connectivity index (χ2v) is 5.37. The van der Waals surface area contributed by atoms with Crippen LogP contribution in [0.25, 0.3) is 0 Å². The molecule has 0 aliphatic rings. The van der Waals surface area contributed by atoms with Gasteiger partial charge < -0.3 is 4.90 Å². The molecule has 3 heteroatoms. The Balaban J connectivity index is 3.81. The molecule has 0 unspecified atom stereocenters. The van der Waals surface area contributed by atoms with Crippen LogP contribution < -0.4 is 0 Å². The second-order valence-electron chi connectivity index (χ2n) is 5.37. The Morgan fingerprint density at radius 2 is 1.69 bits per heavy atom. The molecule has 0 heterocycles. The molecule has 0 fully saturated rings. The number of hydrogen-bond acceptors (Lipinski definition) is 2. The highest BCUT2D eigenvalue weighted by Crippen LogP contribution is 2.07. The van der Waals surface area contributed by atoms with Crippen LogP contribution in [0.3, 0.4) is 0 Å². The molecule has 0 aromatic carbocycles. The number of nitrogens with zero attached hydrogens (tertiary/aromatic N) is 2. The lowest BCUT2D eigenvalue weighted by Crippen LogP contribution is -2.40. The molecule has 3 nitrogen and oxygen atoms in total. The van der Waals surface area contributed by atoms with Crippen molar-refractivity contribution >= 4 is 5.91 Å². The summed E-state index contributed by atoms with van der Waals surface area (Å²) in [6.45, 7) is 9.38. The average Bonchev–Trinajstić information content (AvgIpc) is 2.16. The van der Waals surface area contributed by atoms with Gasteiger partial charge in [-0.2, -0.15) is 0 Å². The van der Waals surface area contributed by atoms with Crippen molar-refractivity contribution in [3.8, 4) is 0 Å². The maximum atomic E-state index is 11.8. The van der Waals surface area contributed by atoms with E-state index in [2.05, 4.69) is 32.6 Å². The van der Waals surface area contributed by atoms with Gasteiger partial charge in [0.25, 0.3) is 0 Å². The first kappa shape index (κ1) is 15.4. The Kier molecular flexibility index (Phi) is 7.39. The maximum Gasteiger partial charge on any atom is 0.223 e. The van der Waals surface area contributed by atoms with Crippen LogP contribution in [0.2, 0.25) is 0 Å². The molecule has 0 aliphatic heterocycles. The maximum absolute atomic E-state index is 11.8. The SMILES string of the molecule is CC(C)CCCC(=O)N(C)CN(C)C(C)C. The third kappa shape index (κ3) is 6.83. The van der Waals surface area contributed by atoms with Crippen LogP contribution in [-0.2, 0) is 4.79 Å². The van der Waals surface area contributed by atoms with E-state index in [0.29, 0.717) is 18.4 Å². The molecule has 0 aromatic heterocycles. The van der Waals surface area contributed by atoms with Gasteiger partial charge in [0.2, 0.25) is 5.91 Å². The normalized spacial score (nSPS) is 11.6. The van der Waals surface area contributed by atoms with Gasteiger partial charge in [-0.1, -0.05) is 20.3 Å². The van der Waals surface area contributed by atoms with E-state index in [1.54, 1.807) is 0 Å². The Morgan fingerprint density at radius 1 is 1.12 bits per heavy atom. The Hall–Kier alpha value is -0.570. The van der Waals surface area contributed by atoms with Crippen LogP contribution in [0.5, 0.6) is 0 Å². The van der Waals surface area contributed by atoms with E-state index >= 15 is 0 Å². The molecule has 1 amide bonds. The van der Waals surface area contributed by atoms with Gasteiger partial charge >= 0.3 is 0 Å². The summed E-state index contributed by atoms with van der Waals surface area (Å²) in [7, 11) is 3.93. The van der Waals surface area contributed by atoms with Crippen molar-refractivity contribution in [1.29, 1.82) is 0 Å². The number of carbonyl (C=O) groups excluding carboxylic acids is 1. The second kappa shape index (κ2) is 7.66. The van der Waals surface area contributed by atoms with E-state index in [-0.39, 0.29) is 5.91 Å². The quantitative estimate of drug-likeness (QED) is 0.625. The van der Waals surface area contributed by atoms with Crippen molar-refractivity contribution in [2.75, 3.05) is 20.8 Å². The van der Waals surface area contributed by atoms with Crippen LogP contribution in [0, 0.1) is 5.92 Å². The Morgan fingerprint density at radius 3 is 2.12 bits per heavy atom. The minimum atomic E-state index is 0.258. The number of hydrogen-bond donors (Lipinski definition) is 0. The lowest BCUT2D eigenvalue weighted by molar-refractivity contribution is -0.132. The van der Waals surface area contributed by atoms with E-state index < -0.39 is 0 Å². The molecule has 0 saturated heterocycles. The topological polar surface area (TPSA) is 23.6 Å². The first-order valence-electron chi connectivity index (χ1n) is 6.28. The highest BCUT2D eigenvalue weighted by atomic mass is 16.2. The van der Waals surface area contributed by atoms with Gasteiger partial charge in [0.15, 0.2) is 0 Å². The van der Waals surface area contributed by atoms with Crippen LogP contribution >= 0.6 is 0 Å². The molecule has 0 N–H and O–H groups in total. The summed E-state index contributed by atoms with van der Waals surface area (Å²) in [5.41, 5.74) is 0. The summed E-state index contributed by atoms with van der Waals surface area (Å²) in [6, 6.07) is 0.478. The first-order valence-corrected chi connectivity index (χ1v) is 6.28. The van der Waals surface area contributed by atoms with Gasteiger partial charge in [-0.3, -0.25) is 9.69 Å². The third-order valence-electron chi connectivity index (χ3n) is 2.91. The summed E-state index contributed by atoms with van der Waals surface area (Å²) in [6.07, 6.45) is 2.83. The average molecular weight is 228 g/mol. The highest BCUT2D eigenvalue weighted by Gasteiger charge is 2.12. The van der Waals surface area contributed by atoms with Crippen LogP contribution in [-0.4, -0.2) is 42.5 Å². The van der Waals surface area contributed by atoms with Gasteiger partial charge in [-0.05, 0) is 33.2 Å². The molecular weight excluding hydrogens is 200 g/mol. The summed E-state index contributed by atoms with van der Waals surface area (Å²) < 4.78 is 0. The molecule has 0 atom stereocenters. The standard InChI is InChI=1S/C13H28N2O/c1-11(2)8-7-9-13(16)15(6)10-14(5)12(3)4/h11-12H,7-10H2,1-6H3. The number of amides is 1. The van der Waals surface area contributed by atoms with Crippen LogP contribution in [0.4, 0.5) is 0 Å². The van der Waals surface area contributed by atoms with Crippen LogP contribution in [0.1, 0.15) is 47.0 Å². The monoisotopic (exact) mass is 228 g/mol. The molecule has 0 rings (SSSR count). The predicted molar refractivity (Wildman–Crippen MR) is 69.2 cm³/mol. The zero-order valence-electron chi connectivity index (χ0n) is 11.8. The van der Waals surface area contributed by atoms with E-state index in [0.717, 1.165) is 19.5 Å². The fraction of sp³-hybridized carbons (Fsp3) is 0.923. The lowest BCUT2D eigenvalue weighted by Gasteiger charge is -2.27. The van der Waals surface area contributed by atoms with E-state index in [1.165, 1.54) is 0 Å². The Labute approximate surface area is 101 Å². The van der Waals surface area contributed by atoms with Crippen molar-refractivity contribution in [3.05, 3.63) is 0 Å². The lowest BCUT2D eigenvalue weighted by atomic mass is 10.1. The third-order valence-corrected chi connectivity index (χ3v) is 2.91. The molecule has 96 valence electrons. The molecule has 0 radical (unpaired) electrons. The molecule has 0 aliphatic carbocycles. The van der Waals surface area contributed by atoms with Crippen molar-refractivity contribution < 1.29 is 4.79 Å². The number of carbonyl (C=O) groups is 1. The molecule has 0 saturated carbocycles. The molecular formula is C13H28N2O. The highest BCUT2D eigenvalue weighted by molar-refractivity contribution is 5.75. The van der Waals surface area contributed by atoms with Crippen molar-refractivity contribution in [2.24, 2.45) is 5.92 Å². The van der Waals surface area contributed by atoms with E-state index in [1.807, 2.05) is 19.0 Å². The molecule has 0 bridgehead atoms.